The minimum absolute atomic E-state index is 0.0476. The van der Waals surface area contributed by atoms with Crippen LogP contribution in [0.25, 0.3) is 0 Å². The van der Waals surface area contributed by atoms with E-state index in [1.165, 1.54) is 6.42 Å². The van der Waals surface area contributed by atoms with Crippen LogP contribution in [0.15, 0.2) is 0 Å². The zero-order valence-electron chi connectivity index (χ0n) is 12.2. The third kappa shape index (κ3) is 12.3. The predicted molar refractivity (Wildman–Crippen MR) is 72.8 cm³/mol. The molecule has 0 amide bonds. The third-order valence-corrected chi connectivity index (χ3v) is 2.74. The summed E-state index contributed by atoms with van der Waals surface area (Å²) in [6, 6.07) is 0. The maximum Gasteiger partial charge on any atom is 0.0701 e. The van der Waals surface area contributed by atoms with Gasteiger partial charge in [-0.15, -0.1) is 0 Å². The number of hydrogen-bond donors (Lipinski definition) is 1. The summed E-state index contributed by atoms with van der Waals surface area (Å²) in [7, 11) is 0. The molecule has 0 aliphatic carbocycles. The van der Waals surface area contributed by atoms with Crippen LogP contribution in [0.2, 0.25) is 0 Å². The molecule has 18 heavy (non-hydrogen) atoms. The molecule has 0 bridgehead atoms. The minimum atomic E-state index is -0.0476. The van der Waals surface area contributed by atoms with Crippen molar-refractivity contribution in [3.05, 3.63) is 0 Å². The highest BCUT2D eigenvalue weighted by atomic mass is 16.5. The highest BCUT2D eigenvalue weighted by Gasteiger charge is 2.15. The first-order valence-corrected chi connectivity index (χ1v) is 6.96. The fourth-order valence-corrected chi connectivity index (χ4v) is 1.22. The standard InChI is InChI=1S/C14H30O4/c1-4-5-7-16-9-11-18-12-10-17-8-6-14(2,3)13-15/h15H,4-13H2,1-3H3. The normalized spacial score (nSPS) is 12.0. The van der Waals surface area contributed by atoms with Crippen LogP contribution >= 0.6 is 0 Å². The number of hydrogen-bond acceptors (Lipinski definition) is 4. The van der Waals surface area contributed by atoms with E-state index < -0.39 is 0 Å². The minimum Gasteiger partial charge on any atom is -0.396 e. The maximum atomic E-state index is 9.06. The molecule has 0 fully saturated rings. The first-order chi connectivity index (χ1) is 8.62. The van der Waals surface area contributed by atoms with Crippen molar-refractivity contribution in [2.75, 3.05) is 46.2 Å². The van der Waals surface area contributed by atoms with E-state index in [0.717, 1.165) is 19.4 Å². The van der Waals surface area contributed by atoms with E-state index in [1.54, 1.807) is 0 Å². The molecule has 0 heterocycles. The summed E-state index contributed by atoms with van der Waals surface area (Å²) in [6.45, 7) is 10.4. The van der Waals surface area contributed by atoms with Crippen molar-refractivity contribution in [2.45, 2.75) is 40.0 Å². The molecule has 0 atom stereocenters. The molecule has 0 aliphatic heterocycles. The Labute approximate surface area is 112 Å². The second-order valence-corrected chi connectivity index (χ2v) is 5.26. The van der Waals surface area contributed by atoms with Crippen LogP contribution in [0, 0.1) is 5.41 Å². The van der Waals surface area contributed by atoms with Crippen LogP contribution in [-0.2, 0) is 14.2 Å². The second-order valence-electron chi connectivity index (χ2n) is 5.26. The lowest BCUT2D eigenvalue weighted by Crippen LogP contribution is -2.19. The summed E-state index contributed by atoms with van der Waals surface area (Å²) in [6.07, 6.45) is 3.15. The summed E-state index contributed by atoms with van der Waals surface area (Å²) >= 11 is 0. The van der Waals surface area contributed by atoms with Gasteiger partial charge in [0.2, 0.25) is 0 Å². The van der Waals surface area contributed by atoms with E-state index in [-0.39, 0.29) is 12.0 Å². The lowest BCUT2D eigenvalue weighted by Gasteiger charge is -2.20. The van der Waals surface area contributed by atoms with Gasteiger partial charge in [-0.05, 0) is 18.3 Å². The van der Waals surface area contributed by atoms with Gasteiger partial charge in [0.15, 0.2) is 0 Å². The Morgan fingerprint density at radius 3 is 1.83 bits per heavy atom. The average molecular weight is 262 g/mol. The molecule has 4 nitrogen and oxygen atoms in total. The SMILES string of the molecule is CCCCOCCOCCOCCC(C)(C)CO. The molecule has 0 aromatic carbocycles. The van der Waals surface area contributed by atoms with Crippen molar-refractivity contribution in [1.29, 1.82) is 0 Å². The van der Waals surface area contributed by atoms with E-state index in [2.05, 4.69) is 6.92 Å². The van der Waals surface area contributed by atoms with Gasteiger partial charge >= 0.3 is 0 Å². The number of rotatable bonds is 13. The highest BCUT2D eigenvalue weighted by molar-refractivity contribution is 4.65. The largest absolute Gasteiger partial charge is 0.396 e. The summed E-state index contributed by atoms with van der Waals surface area (Å²) in [5, 5.41) is 9.06. The van der Waals surface area contributed by atoms with Gasteiger partial charge in [0.1, 0.15) is 0 Å². The first-order valence-electron chi connectivity index (χ1n) is 6.96. The molecule has 4 heteroatoms. The third-order valence-electron chi connectivity index (χ3n) is 2.74. The topological polar surface area (TPSA) is 47.9 Å². The Morgan fingerprint density at radius 2 is 1.33 bits per heavy atom. The summed E-state index contributed by atoms with van der Waals surface area (Å²) < 4.78 is 16.2. The summed E-state index contributed by atoms with van der Waals surface area (Å²) in [5.74, 6) is 0. The van der Waals surface area contributed by atoms with Gasteiger partial charge in [0.25, 0.3) is 0 Å². The van der Waals surface area contributed by atoms with Crippen molar-refractivity contribution in [3.63, 3.8) is 0 Å². The smallest absolute Gasteiger partial charge is 0.0701 e. The predicted octanol–water partition coefficient (Wildman–Crippen LogP) is 2.24. The molecule has 0 aromatic rings. The number of aliphatic hydroxyl groups is 1. The van der Waals surface area contributed by atoms with Crippen molar-refractivity contribution in [2.24, 2.45) is 5.41 Å². The average Bonchev–Trinajstić information content (AvgIpc) is 2.36. The summed E-state index contributed by atoms with van der Waals surface area (Å²) in [4.78, 5) is 0. The van der Waals surface area contributed by atoms with Crippen LogP contribution in [0.3, 0.4) is 0 Å². The zero-order chi connectivity index (χ0) is 13.7. The van der Waals surface area contributed by atoms with Gasteiger partial charge in [-0.3, -0.25) is 0 Å². The van der Waals surface area contributed by atoms with Gasteiger partial charge in [0.05, 0.1) is 26.4 Å². The van der Waals surface area contributed by atoms with E-state index in [1.807, 2.05) is 13.8 Å². The Morgan fingerprint density at radius 1 is 0.833 bits per heavy atom. The van der Waals surface area contributed by atoms with Crippen LogP contribution < -0.4 is 0 Å². The maximum absolute atomic E-state index is 9.06. The fourth-order valence-electron chi connectivity index (χ4n) is 1.22. The van der Waals surface area contributed by atoms with Crippen LogP contribution in [0.5, 0.6) is 0 Å². The molecule has 0 unspecified atom stereocenters. The number of unbranched alkanes of at least 4 members (excludes halogenated alkanes) is 1. The molecule has 0 saturated heterocycles. The Hall–Kier alpha value is -0.160. The molecule has 0 aliphatic rings. The monoisotopic (exact) mass is 262 g/mol. The second kappa shape index (κ2) is 11.9. The quantitative estimate of drug-likeness (QED) is 0.517. The zero-order valence-corrected chi connectivity index (χ0v) is 12.2. The Kier molecular flexibility index (Phi) is 11.8. The van der Waals surface area contributed by atoms with Gasteiger partial charge in [0, 0.05) is 19.8 Å². The molecule has 0 radical (unpaired) electrons. The van der Waals surface area contributed by atoms with Gasteiger partial charge in [-0.2, -0.15) is 0 Å². The van der Waals surface area contributed by atoms with E-state index in [4.69, 9.17) is 19.3 Å². The molecule has 0 spiro atoms. The van der Waals surface area contributed by atoms with Crippen molar-refractivity contribution < 1.29 is 19.3 Å². The van der Waals surface area contributed by atoms with Crippen molar-refractivity contribution >= 4 is 0 Å². The molecular formula is C14H30O4. The molecule has 0 saturated carbocycles. The molecule has 0 aromatic heterocycles. The Bertz CT molecular complexity index is 171. The van der Waals surface area contributed by atoms with Crippen LogP contribution in [0.4, 0.5) is 0 Å². The molecule has 1 N–H and O–H groups in total. The Balaban J connectivity index is 3.08. The van der Waals surface area contributed by atoms with Crippen molar-refractivity contribution in [1.82, 2.24) is 0 Å². The number of aliphatic hydroxyl groups excluding tert-OH is 1. The van der Waals surface area contributed by atoms with E-state index >= 15 is 0 Å². The highest BCUT2D eigenvalue weighted by Crippen LogP contribution is 2.18. The van der Waals surface area contributed by atoms with Crippen molar-refractivity contribution in [3.8, 4) is 0 Å². The first kappa shape index (κ1) is 17.8. The van der Waals surface area contributed by atoms with Crippen LogP contribution in [-0.4, -0.2) is 51.4 Å². The van der Waals surface area contributed by atoms with Gasteiger partial charge in [-0.25, -0.2) is 0 Å². The molecular weight excluding hydrogens is 232 g/mol. The fraction of sp³-hybridized carbons (Fsp3) is 1.00. The lowest BCUT2D eigenvalue weighted by atomic mass is 9.91. The van der Waals surface area contributed by atoms with E-state index in [9.17, 15) is 0 Å². The van der Waals surface area contributed by atoms with Crippen LogP contribution in [0.1, 0.15) is 40.0 Å². The number of ether oxygens (including phenoxy) is 3. The van der Waals surface area contributed by atoms with Gasteiger partial charge in [-0.1, -0.05) is 27.2 Å². The lowest BCUT2D eigenvalue weighted by molar-refractivity contribution is 0.00625. The molecule has 0 rings (SSSR count). The molecule has 110 valence electrons. The summed E-state index contributed by atoms with van der Waals surface area (Å²) in [5.41, 5.74) is -0.0476. The van der Waals surface area contributed by atoms with E-state index in [0.29, 0.717) is 33.0 Å². The van der Waals surface area contributed by atoms with Gasteiger partial charge < -0.3 is 19.3 Å².